The predicted octanol–water partition coefficient (Wildman–Crippen LogP) is 4.45. The van der Waals surface area contributed by atoms with Gasteiger partial charge >= 0.3 is 5.97 Å². The van der Waals surface area contributed by atoms with Crippen molar-refractivity contribution in [3.63, 3.8) is 0 Å². The molecule has 0 aliphatic carbocycles. The number of aliphatic carboxylic acids is 1. The minimum absolute atomic E-state index is 0.162. The Morgan fingerprint density at radius 2 is 1.84 bits per heavy atom. The molecule has 7 nitrogen and oxygen atoms in total. The van der Waals surface area contributed by atoms with E-state index in [0.29, 0.717) is 30.1 Å². The Labute approximate surface area is 221 Å². The molecule has 3 atom stereocenters. The molecular formula is C29H32ClN3O4. The van der Waals surface area contributed by atoms with Gasteiger partial charge in [0.05, 0.1) is 12.5 Å². The van der Waals surface area contributed by atoms with E-state index in [1.807, 2.05) is 42.5 Å². The summed E-state index contributed by atoms with van der Waals surface area (Å²) in [6.45, 7) is 3.39. The van der Waals surface area contributed by atoms with Crippen molar-refractivity contribution in [2.45, 2.75) is 44.2 Å². The van der Waals surface area contributed by atoms with Crippen molar-refractivity contribution in [2.24, 2.45) is 0 Å². The Hall–Kier alpha value is -3.42. The number of carbonyl (C=O) groups is 3. The monoisotopic (exact) mass is 521 g/mol. The van der Waals surface area contributed by atoms with E-state index < -0.39 is 12.0 Å². The van der Waals surface area contributed by atoms with Gasteiger partial charge in [-0.05, 0) is 53.4 Å². The molecule has 3 unspecified atom stereocenters. The molecule has 3 aromatic carbocycles. The first-order chi connectivity index (χ1) is 17.8. The number of carboxylic acids is 1. The van der Waals surface area contributed by atoms with E-state index in [9.17, 15) is 19.5 Å². The van der Waals surface area contributed by atoms with E-state index in [1.165, 1.54) is 0 Å². The standard InChI is InChI=1S/C29H32ClN3O4/c1-2-19(20-6-4-3-5-7-20)18-33-13-12-25(32-26(29(33)37)16-27(34)35)17-31-28(36)23-9-8-22-15-24(30)11-10-21(22)14-23/h3-11,14-15,19,25-26,32H,2,12-13,16-18H2,1H3,(H,31,36)(H,34,35). The van der Waals surface area contributed by atoms with Crippen molar-refractivity contribution in [3.8, 4) is 0 Å². The minimum atomic E-state index is -1.04. The van der Waals surface area contributed by atoms with Gasteiger partial charge in [-0.25, -0.2) is 0 Å². The smallest absolute Gasteiger partial charge is 0.305 e. The van der Waals surface area contributed by atoms with Crippen LogP contribution >= 0.6 is 11.6 Å². The van der Waals surface area contributed by atoms with Crippen LogP contribution in [0.4, 0.5) is 0 Å². The maximum absolute atomic E-state index is 13.3. The maximum Gasteiger partial charge on any atom is 0.305 e. The van der Waals surface area contributed by atoms with Crippen molar-refractivity contribution in [2.75, 3.05) is 19.6 Å². The molecule has 0 spiro atoms. The number of hydrogen-bond acceptors (Lipinski definition) is 4. The zero-order valence-corrected chi connectivity index (χ0v) is 21.6. The highest BCUT2D eigenvalue weighted by Gasteiger charge is 2.33. The van der Waals surface area contributed by atoms with E-state index >= 15 is 0 Å². The van der Waals surface area contributed by atoms with Gasteiger partial charge in [0.15, 0.2) is 0 Å². The van der Waals surface area contributed by atoms with E-state index in [2.05, 4.69) is 29.7 Å². The molecule has 8 heteroatoms. The average Bonchev–Trinajstić information content (AvgIpc) is 3.04. The summed E-state index contributed by atoms with van der Waals surface area (Å²) < 4.78 is 0. The summed E-state index contributed by atoms with van der Waals surface area (Å²) >= 11 is 6.05. The third kappa shape index (κ3) is 6.87. The van der Waals surface area contributed by atoms with Crippen LogP contribution in [-0.4, -0.2) is 59.5 Å². The van der Waals surface area contributed by atoms with Gasteiger partial charge in [-0.15, -0.1) is 0 Å². The third-order valence-corrected chi connectivity index (χ3v) is 7.19. The highest BCUT2D eigenvalue weighted by atomic mass is 35.5. The summed E-state index contributed by atoms with van der Waals surface area (Å²) in [4.78, 5) is 39.5. The number of rotatable bonds is 9. The molecule has 3 N–H and O–H groups in total. The molecular weight excluding hydrogens is 490 g/mol. The Morgan fingerprint density at radius 1 is 1.11 bits per heavy atom. The number of halogens is 1. The van der Waals surface area contributed by atoms with Crippen LogP contribution in [-0.2, 0) is 9.59 Å². The Morgan fingerprint density at radius 3 is 2.57 bits per heavy atom. The Kier molecular flexibility index (Phi) is 8.79. The molecule has 3 aromatic rings. The summed E-state index contributed by atoms with van der Waals surface area (Å²) in [6.07, 6.45) is 1.15. The third-order valence-electron chi connectivity index (χ3n) is 6.95. The number of benzene rings is 3. The Bertz CT molecular complexity index is 1270. The van der Waals surface area contributed by atoms with Crippen LogP contribution in [0.3, 0.4) is 0 Å². The molecule has 194 valence electrons. The predicted molar refractivity (Wildman–Crippen MR) is 145 cm³/mol. The fraction of sp³-hybridized carbons (Fsp3) is 0.345. The molecule has 4 rings (SSSR count). The van der Waals surface area contributed by atoms with E-state index in [-0.39, 0.29) is 36.7 Å². The van der Waals surface area contributed by atoms with E-state index in [0.717, 1.165) is 22.8 Å². The lowest BCUT2D eigenvalue weighted by molar-refractivity contribution is -0.142. The van der Waals surface area contributed by atoms with Gasteiger partial charge in [-0.2, -0.15) is 0 Å². The van der Waals surface area contributed by atoms with Crippen LogP contribution in [0.15, 0.2) is 66.7 Å². The number of carbonyl (C=O) groups excluding carboxylic acids is 2. The van der Waals surface area contributed by atoms with Crippen molar-refractivity contribution in [1.82, 2.24) is 15.5 Å². The van der Waals surface area contributed by atoms with Crippen molar-refractivity contribution < 1.29 is 19.5 Å². The van der Waals surface area contributed by atoms with Gasteiger partial charge in [0, 0.05) is 42.2 Å². The second kappa shape index (κ2) is 12.2. The van der Waals surface area contributed by atoms with Gasteiger partial charge in [-0.3, -0.25) is 14.4 Å². The van der Waals surface area contributed by atoms with Gasteiger partial charge in [0.2, 0.25) is 5.91 Å². The molecule has 0 radical (unpaired) electrons. The first-order valence-electron chi connectivity index (χ1n) is 12.6. The van der Waals surface area contributed by atoms with Gasteiger partial charge in [0.1, 0.15) is 0 Å². The molecule has 1 heterocycles. The number of amides is 2. The second-order valence-electron chi connectivity index (χ2n) is 9.52. The zero-order valence-electron chi connectivity index (χ0n) is 20.8. The number of hydrogen-bond donors (Lipinski definition) is 3. The topological polar surface area (TPSA) is 98.7 Å². The van der Waals surface area contributed by atoms with Crippen molar-refractivity contribution in [1.29, 1.82) is 0 Å². The lowest BCUT2D eigenvalue weighted by Crippen LogP contribution is -2.50. The molecule has 37 heavy (non-hydrogen) atoms. The summed E-state index contributed by atoms with van der Waals surface area (Å²) in [5, 5.41) is 18.1. The summed E-state index contributed by atoms with van der Waals surface area (Å²) in [7, 11) is 0. The number of nitrogens with one attached hydrogen (secondary N) is 2. The van der Waals surface area contributed by atoms with Gasteiger partial charge in [0.25, 0.3) is 5.91 Å². The van der Waals surface area contributed by atoms with Crippen molar-refractivity contribution >= 4 is 40.2 Å². The quantitative estimate of drug-likeness (QED) is 0.386. The van der Waals surface area contributed by atoms with Crippen LogP contribution in [0.25, 0.3) is 10.8 Å². The Balaban J connectivity index is 1.43. The molecule has 1 aliphatic heterocycles. The second-order valence-corrected chi connectivity index (χ2v) is 9.96. The maximum atomic E-state index is 13.3. The number of carboxylic acid groups (broad SMARTS) is 1. The molecule has 1 fully saturated rings. The van der Waals surface area contributed by atoms with Crippen LogP contribution in [0.1, 0.15) is 48.0 Å². The summed E-state index contributed by atoms with van der Waals surface area (Å²) in [5.41, 5.74) is 1.68. The van der Waals surface area contributed by atoms with Crippen LogP contribution in [0, 0.1) is 0 Å². The van der Waals surface area contributed by atoms with Crippen LogP contribution in [0.5, 0.6) is 0 Å². The normalized spacial score (nSPS) is 18.9. The fourth-order valence-corrected chi connectivity index (χ4v) is 5.06. The van der Waals surface area contributed by atoms with E-state index in [4.69, 9.17) is 11.6 Å². The molecule has 2 amide bonds. The summed E-state index contributed by atoms with van der Waals surface area (Å²) in [5.74, 6) is -1.31. The average molecular weight is 522 g/mol. The molecule has 0 saturated carbocycles. The highest BCUT2D eigenvalue weighted by Crippen LogP contribution is 2.23. The summed E-state index contributed by atoms with van der Waals surface area (Å²) in [6, 6.07) is 19.9. The largest absolute Gasteiger partial charge is 0.481 e. The van der Waals surface area contributed by atoms with Crippen molar-refractivity contribution in [3.05, 3.63) is 82.9 Å². The molecule has 1 saturated heterocycles. The lowest BCUT2D eigenvalue weighted by Gasteiger charge is -2.28. The first-order valence-corrected chi connectivity index (χ1v) is 13.0. The zero-order chi connectivity index (χ0) is 26.4. The lowest BCUT2D eigenvalue weighted by atomic mass is 9.95. The molecule has 0 aromatic heterocycles. The first kappa shape index (κ1) is 26.6. The molecule has 0 bridgehead atoms. The van der Waals surface area contributed by atoms with Gasteiger partial charge in [-0.1, -0.05) is 61.0 Å². The molecule has 1 aliphatic rings. The van der Waals surface area contributed by atoms with Crippen LogP contribution in [0.2, 0.25) is 5.02 Å². The SMILES string of the molecule is CCC(CN1CCC(CNC(=O)c2ccc3cc(Cl)ccc3c2)NC(CC(=O)O)C1=O)c1ccccc1. The minimum Gasteiger partial charge on any atom is -0.481 e. The fourth-order valence-electron chi connectivity index (χ4n) is 4.88. The highest BCUT2D eigenvalue weighted by molar-refractivity contribution is 6.31. The number of nitrogens with zero attached hydrogens (tertiary/aromatic N) is 1. The van der Waals surface area contributed by atoms with Crippen LogP contribution < -0.4 is 10.6 Å². The number of fused-ring (bicyclic) bond motifs is 1. The van der Waals surface area contributed by atoms with Gasteiger partial charge < -0.3 is 20.6 Å². The van der Waals surface area contributed by atoms with E-state index in [1.54, 1.807) is 17.0 Å².